The number of fused-ring (bicyclic) bond motifs is 1. The van der Waals surface area contributed by atoms with Gasteiger partial charge in [0.15, 0.2) is 6.04 Å². The minimum Gasteiger partial charge on any atom is -0.368 e. The minimum absolute atomic E-state index is 0.0372. The zero-order valence-electron chi connectivity index (χ0n) is 14.4. The van der Waals surface area contributed by atoms with Gasteiger partial charge in [-0.1, -0.05) is 6.92 Å². The molecule has 138 valence electrons. The molecule has 2 fully saturated rings. The monoisotopic (exact) mass is 356 g/mol. The first-order valence-corrected chi connectivity index (χ1v) is 8.99. The van der Waals surface area contributed by atoms with E-state index >= 15 is 0 Å². The van der Waals surface area contributed by atoms with Crippen LogP contribution < -0.4 is 5.32 Å². The van der Waals surface area contributed by atoms with Crippen LogP contribution in [-0.2, 0) is 4.79 Å². The molecule has 0 radical (unpaired) electrons. The molecule has 5 nitrogen and oxygen atoms in total. The molecule has 3 aliphatic rings. The highest BCUT2D eigenvalue weighted by Crippen LogP contribution is 2.44. The zero-order valence-corrected chi connectivity index (χ0v) is 14.4. The molecule has 5 atom stereocenters. The van der Waals surface area contributed by atoms with Gasteiger partial charge in [0.1, 0.15) is 5.82 Å². The highest BCUT2D eigenvalue weighted by atomic mass is 19.4. The molecule has 1 aromatic heterocycles. The van der Waals surface area contributed by atoms with Gasteiger partial charge in [-0.2, -0.15) is 18.3 Å². The molecule has 25 heavy (non-hydrogen) atoms. The lowest BCUT2D eigenvalue weighted by Crippen LogP contribution is -2.38. The molecule has 1 aliphatic carbocycles. The smallest absolute Gasteiger partial charge is 0.368 e. The minimum atomic E-state index is -4.33. The van der Waals surface area contributed by atoms with Gasteiger partial charge in [-0.05, 0) is 38.5 Å². The number of hydrogen-bond donors (Lipinski definition) is 1. The van der Waals surface area contributed by atoms with Crippen LogP contribution in [0.15, 0.2) is 6.07 Å². The van der Waals surface area contributed by atoms with Crippen molar-refractivity contribution >= 4 is 11.7 Å². The Hall–Kier alpha value is -1.73. The van der Waals surface area contributed by atoms with Gasteiger partial charge >= 0.3 is 6.18 Å². The van der Waals surface area contributed by atoms with Gasteiger partial charge in [-0.15, -0.1) is 0 Å². The maximum absolute atomic E-state index is 13.4. The van der Waals surface area contributed by atoms with Gasteiger partial charge in [0, 0.05) is 24.6 Å². The zero-order chi connectivity index (χ0) is 17.9. The second-order valence-corrected chi connectivity index (χ2v) is 7.75. The Balaban J connectivity index is 1.62. The van der Waals surface area contributed by atoms with E-state index in [1.165, 1.54) is 0 Å². The summed E-state index contributed by atoms with van der Waals surface area (Å²) in [5.41, 5.74) is 0.574. The average molecular weight is 356 g/mol. The van der Waals surface area contributed by atoms with Gasteiger partial charge in [0.25, 0.3) is 0 Å². The molecule has 1 N–H and O–H groups in total. The Morgan fingerprint density at radius 2 is 2.04 bits per heavy atom. The van der Waals surface area contributed by atoms with E-state index in [1.54, 1.807) is 13.0 Å². The number of carbonyl (C=O) groups excluding carboxylic acids is 1. The summed E-state index contributed by atoms with van der Waals surface area (Å²) in [5, 5.41) is 7.38. The summed E-state index contributed by atoms with van der Waals surface area (Å²) in [7, 11) is 0. The van der Waals surface area contributed by atoms with Gasteiger partial charge in [0.2, 0.25) is 5.91 Å². The van der Waals surface area contributed by atoms with Crippen LogP contribution in [0.2, 0.25) is 0 Å². The molecule has 3 heterocycles. The summed E-state index contributed by atoms with van der Waals surface area (Å²) in [6.07, 6.45) is -1.83. The largest absolute Gasteiger partial charge is 0.410 e. The molecule has 0 bridgehead atoms. The lowest BCUT2D eigenvalue weighted by Gasteiger charge is -2.31. The van der Waals surface area contributed by atoms with E-state index < -0.39 is 12.2 Å². The third-order valence-corrected chi connectivity index (χ3v) is 5.70. The number of amides is 1. The summed E-state index contributed by atoms with van der Waals surface area (Å²) in [5.74, 6) is 1.03. The SMILES string of the molecule is C[C@@H]1C[C@H](C(F)(F)F)n2nc([C@@H]3CCCN3C(=O)[C@H]3C[C@H]3C)cc2N1. The Morgan fingerprint density at radius 3 is 2.68 bits per heavy atom. The number of rotatable bonds is 2. The standard InChI is InChI=1S/C17H23F3N4O/c1-9-6-11(9)16(25)23-5-3-4-13(23)12-8-15-21-10(2)7-14(17(18,19)20)24(15)22-12/h8-11,13-14,21H,3-7H2,1-2H3/t9-,10-,11+,13+,14-/m1/s1. The van der Waals surface area contributed by atoms with Crippen molar-refractivity contribution in [3.8, 4) is 0 Å². The maximum Gasteiger partial charge on any atom is 0.410 e. The van der Waals surface area contributed by atoms with Crippen LogP contribution >= 0.6 is 0 Å². The van der Waals surface area contributed by atoms with Crippen molar-refractivity contribution < 1.29 is 18.0 Å². The van der Waals surface area contributed by atoms with Gasteiger partial charge in [0.05, 0.1) is 11.7 Å². The van der Waals surface area contributed by atoms with Crippen molar-refractivity contribution in [2.45, 2.75) is 63.8 Å². The van der Waals surface area contributed by atoms with Crippen LogP contribution in [-0.4, -0.2) is 39.4 Å². The number of nitrogens with one attached hydrogen (secondary N) is 1. The van der Waals surface area contributed by atoms with Crippen molar-refractivity contribution in [2.24, 2.45) is 11.8 Å². The number of hydrogen-bond acceptors (Lipinski definition) is 3. The number of anilines is 1. The second kappa shape index (κ2) is 5.64. The van der Waals surface area contributed by atoms with E-state index in [1.807, 2.05) is 4.90 Å². The van der Waals surface area contributed by atoms with E-state index in [0.29, 0.717) is 24.0 Å². The van der Waals surface area contributed by atoms with Crippen LogP contribution in [0.3, 0.4) is 0 Å². The molecular formula is C17H23F3N4O. The van der Waals surface area contributed by atoms with Gasteiger partial charge in [-0.25, -0.2) is 4.68 Å². The molecule has 0 spiro atoms. The van der Waals surface area contributed by atoms with Crippen LogP contribution in [0, 0.1) is 11.8 Å². The van der Waals surface area contributed by atoms with Gasteiger partial charge < -0.3 is 10.2 Å². The van der Waals surface area contributed by atoms with Crippen LogP contribution in [0.1, 0.15) is 57.3 Å². The fourth-order valence-corrected chi connectivity index (χ4v) is 4.16. The lowest BCUT2D eigenvalue weighted by molar-refractivity contribution is -0.173. The number of likely N-dealkylation sites (tertiary alicyclic amines) is 1. The predicted octanol–water partition coefficient (Wildman–Crippen LogP) is 3.51. The quantitative estimate of drug-likeness (QED) is 0.882. The number of aromatic nitrogens is 2. The van der Waals surface area contributed by atoms with Crippen molar-refractivity contribution in [3.63, 3.8) is 0 Å². The van der Waals surface area contributed by atoms with E-state index in [0.717, 1.165) is 23.9 Å². The van der Waals surface area contributed by atoms with E-state index in [-0.39, 0.29) is 30.3 Å². The number of carbonyl (C=O) groups is 1. The highest BCUT2D eigenvalue weighted by molar-refractivity contribution is 5.82. The van der Waals surface area contributed by atoms with Crippen molar-refractivity contribution in [2.75, 3.05) is 11.9 Å². The summed E-state index contributed by atoms with van der Waals surface area (Å²) in [6.45, 7) is 4.47. The van der Waals surface area contributed by atoms with E-state index in [4.69, 9.17) is 0 Å². The highest BCUT2D eigenvalue weighted by Gasteiger charge is 2.47. The molecule has 2 aliphatic heterocycles. The third-order valence-electron chi connectivity index (χ3n) is 5.70. The number of halogens is 3. The van der Waals surface area contributed by atoms with Crippen molar-refractivity contribution in [1.29, 1.82) is 0 Å². The fourth-order valence-electron chi connectivity index (χ4n) is 4.16. The maximum atomic E-state index is 13.4. The first-order valence-electron chi connectivity index (χ1n) is 8.99. The summed E-state index contributed by atoms with van der Waals surface area (Å²) in [6, 6.07) is -0.385. The fraction of sp³-hybridized carbons (Fsp3) is 0.765. The first kappa shape index (κ1) is 16.7. The molecule has 1 saturated heterocycles. The molecular weight excluding hydrogens is 333 g/mol. The molecule has 1 amide bonds. The Morgan fingerprint density at radius 1 is 1.32 bits per heavy atom. The molecule has 0 aromatic carbocycles. The van der Waals surface area contributed by atoms with E-state index in [2.05, 4.69) is 17.3 Å². The topological polar surface area (TPSA) is 50.2 Å². The predicted molar refractivity (Wildman–Crippen MR) is 86.0 cm³/mol. The molecule has 8 heteroatoms. The molecule has 4 rings (SSSR count). The summed E-state index contributed by atoms with van der Waals surface area (Å²) < 4.78 is 41.2. The average Bonchev–Trinajstić information content (AvgIpc) is 2.95. The molecule has 1 saturated carbocycles. The molecule has 0 unspecified atom stereocenters. The van der Waals surface area contributed by atoms with Crippen LogP contribution in [0.4, 0.5) is 19.0 Å². The Bertz CT molecular complexity index is 686. The summed E-state index contributed by atoms with van der Waals surface area (Å²) >= 11 is 0. The van der Waals surface area contributed by atoms with Crippen LogP contribution in [0.5, 0.6) is 0 Å². The second-order valence-electron chi connectivity index (χ2n) is 7.75. The summed E-state index contributed by atoms with van der Waals surface area (Å²) in [4.78, 5) is 14.4. The van der Waals surface area contributed by atoms with Crippen molar-refractivity contribution in [3.05, 3.63) is 11.8 Å². The normalized spacial score (nSPS) is 34.6. The number of alkyl halides is 3. The number of nitrogens with zero attached hydrogens (tertiary/aromatic N) is 3. The first-order chi connectivity index (χ1) is 11.8. The van der Waals surface area contributed by atoms with Gasteiger partial charge in [-0.3, -0.25) is 4.79 Å². The van der Waals surface area contributed by atoms with E-state index in [9.17, 15) is 18.0 Å². The Kier molecular flexibility index (Phi) is 3.77. The molecule has 1 aromatic rings. The van der Waals surface area contributed by atoms with Crippen LogP contribution in [0.25, 0.3) is 0 Å². The van der Waals surface area contributed by atoms with Crippen molar-refractivity contribution in [1.82, 2.24) is 14.7 Å². The lowest BCUT2D eigenvalue weighted by atomic mass is 10.1. The third kappa shape index (κ3) is 2.89. The Labute approximate surface area is 144 Å².